The monoisotopic (exact) mass is 426 g/mol. The van der Waals surface area contributed by atoms with Gasteiger partial charge in [-0.25, -0.2) is 0 Å². The number of benzene rings is 1. The Labute approximate surface area is 188 Å². The van der Waals surface area contributed by atoms with Gasteiger partial charge in [0.1, 0.15) is 13.8 Å². The first-order valence-electron chi connectivity index (χ1n) is 12.6. The molecule has 1 aliphatic carbocycles. The van der Waals surface area contributed by atoms with Crippen molar-refractivity contribution >= 4 is 13.3 Å². The smallest absolute Gasteiger partial charge is 0.121 e. The molecule has 0 N–H and O–H groups in total. The molecular formula is C28H46OSi. The molecule has 1 aliphatic rings. The van der Waals surface area contributed by atoms with Crippen LogP contribution in [0.4, 0.5) is 0 Å². The summed E-state index contributed by atoms with van der Waals surface area (Å²) in [6, 6.07) is 5.00. The Bertz CT molecular complexity index is 726. The summed E-state index contributed by atoms with van der Waals surface area (Å²) in [5.41, 5.74) is 4.62. The number of methoxy groups -OCH3 is 1. The minimum atomic E-state index is -1.79. The van der Waals surface area contributed by atoms with E-state index in [9.17, 15) is 0 Å². The Morgan fingerprint density at radius 2 is 1.50 bits per heavy atom. The fraction of sp³-hybridized carbons (Fsp3) is 0.643. The highest BCUT2D eigenvalue weighted by Crippen LogP contribution is 2.34. The molecule has 168 valence electrons. The summed E-state index contributed by atoms with van der Waals surface area (Å²) in [4.78, 5) is 0. The van der Waals surface area contributed by atoms with Gasteiger partial charge in [0.15, 0.2) is 0 Å². The van der Waals surface area contributed by atoms with Crippen LogP contribution in [0.1, 0.15) is 96.1 Å². The van der Waals surface area contributed by atoms with Gasteiger partial charge in [0, 0.05) is 0 Å². The van der Waals surface area contributed by atoms with E-state index in [1.165, 1.54) is 86.3 Å². The minimum Gasteiger partial charge on any atom is -0.497 e. The number of aryl methyl sites for hydroxylation is 2. The first-order valence-corrected chi connectivity index (χ1v) is 15.6. The van der Waals surface area contributed by atoms with Gasteiger partial charge in [0.25, 0.3) is 0 Å². The lowest BCUT2D eigenvalue weighted by atomic mass is 10.00. The van der Waals surface area contributed by atoms with E-state index in [2.05, 4.69) is 58.2 Å². The van der Waals surface area contributed by atoms with Crippen LogP contribution in [0.15, 0.2) is 35.1 Å². The van der Waals surface area contributed by atoms with Gasteiger partial charge in [0.2, 0.25) is 0 Å². The third kappa shape index (κ3) is 6.36. The fourth-order valence-electron chi connectivity index (χ4n) is 4.91. The van der Waals surface area contributed by atoms with Crippen LogP contribution < -0.4 is 9.92 Å². The van der Waals surface area contributed by atoms with Crippen molar-refractivity contribution in [2.24, 2.45) is 0 Å². The first kappa shape index (κ1) is 25.0. The second kappa shape index (κ2) is 12.5. The van der Waals surface area contributed by atoms with Crippen molar-refractivity contribution in [3.05, 3.63) is 46.2 Å². The normalized spacial score (nSPS) is 14.1. The lowest BCUT2D eigenvalue weighted by Crippen LogP contribution is -2.45. The molecule has 0 fully saturated rings. The predicted octanol–water partition coefficient (Wildman–Crippen LogP) is 8.06. The molecule has 0 amide bonds. The van der Waals surface area contributed by atoms with E-state index in [-0.39, 0.29) is 0 Å². The third-order valence-electron chi connectivity index (χ3n) is 6.80. The van der Waals surface area contributed by atoms with Crippen LogP contribution in [-0.2, 0) is 12.8 Å². The Hall–Kier alpha value is -1.28. The van der Waals surface area contributed by atoms with Crippen LogP contribution in [0.5, 0.6) is 5.75 Å². The van der Waals surface area contributed by atoms with Crippen molar-refractivity contribution in [1.29, 1.82) is 0 Å². The second-order valence-corrected chi connectivity index (χ2v) is 14.0. The molecule has 0 aromatic heterocycles. The third-order valence-corrected chi connectivity index (χ3v) is 10.6. The van der Waals surface area contributed by atoms with Gasteiger partial charge in [0.05, 0.1) is 7.11 Å². The number of rotatable bonds is 14. The zero-order chi connectivity index (χ0) is 22.0. The van der Waals surface area contributed by atoms with E-state index < -0.39 is 8.07 Å². The Balaban J connectivity index is 2.48. The minimum absolute atomic E-state index is 1.15. The van der Waals surface area contributed by atoms with Gasteiger partial charge >= 0.3 is 0 Å². The molecule has 1 aromatic rings. The molecule has 0 heterocycles. The predicted molar refractivity (Wildman–Crippen MR) is 137 cm³/mol. The fourth-order valence-corrected chi connectivity index (χ4v) is 8.25. The highest BCUT2D eigenvalue weighted by molar-refractivity contribution is 6.96. The van der Waals surface area contributed by atoms with Crippen LogP contribution in [-0.4, -0.2) is 15.2 Å². The molecule has 0 aliphatic heterocycles. The highest BCUT2D eigenvalue weighted by Gasteiger charge is 2.34. The number of unbranched alkanes of at least 4 members (excludes halogenated alkanes) is 5. The van der Waals surface area contributed by atoms with E-state index in [1.54, 1.807) is 10.8 Å². The van der Waals surface area contributed by atoms with Gasteiger partial charge in [-0.05, 0) is 61.3 Å². The maximum atomic E-state index is 6.14. The maximum Gasteiger partial charge on any atom is 0.121 e. The van der Waals surface area contributed by atoms with Gasteiger partial charge < -0.3 is 4.74 Å². The van der Waals surface area contributed by atoms with E-state index in [1.807, 2.05) is 7.11 Å². The van der Waals surface area contributed by atoms with Gasteiger partial charge in [-0.15, -0.1) is 0 Å². The number of hydrogen-bond acceptors (Lipinski definition) is 1. The van der Waals surface area contributed by atoms with Crippen LogP contribution in [0.2, 0.25) is 13.1 Å². The molecule has 0 spiro atoms. The zero-order valence-electron chi connectivity index (χ0n) is 20.7. The summed E-state index contributed by atoms with van der Waals surface area (Å²) in [6.45, 7) is 12.0. The topological polar surface area (TPSA) is 9.23 Å². The molecule has 0 saturated heterocycles. The molecular weight excluding hydrogens is 380 g/mol. The summed E-state index contributed by atoms with van der Waals surface area (Å²) in [5, 5.41) is 3.28. The molecule has 1 nitrogen and oxygen atoms in total. The van der Waals surface area contributed by atoms with Crippen molar-refractivity contribution in [3.8, 4) is 5.75 Å². The molecule has 2 heteroatoms. The van der Waals surface area contributed by atoms with Crippen molar-refractivity contribution in [1.82, 2.24) is 0 Å². The van der Waals surface area contributed by atoms with Crippen molar-refractivity contribution < 1.29 is 4.74 Å². The van der Waals surface area contributed by atoms with Crippen LogP contribution in [0.3, 0.4) is 0 Å². The van der Waals surface area contributed by atoms with Crippen LogP contribution >= 0.6 is 0 Å². The van der Waals surface area contributed by atoms with Crippen LogP contribution in [0.25, 0.3) is 0 Å². The van der Waals surface area contributed by atoms with Crippen molar-refractivity contribution in [2.75, 3.05) is 7.11 Å². The molecule has 30 heavy (non-hydrogen) atoms. The summed E-state index contributed by atoms with van der Waals surface area (Å²) in [5.74, 6) is 1.20. The Morgan fingerprint density at radius 3 is 2.13 bits per heavy atom. The molecule has 1 aromatic carbocycles. The molecule has 0 saturated carbocycles. The highest BCUT2D eigenvalue weighted by atomic mass is 28.3. The molecule has 2 rings (SSSR count). The first-order chi connectivity index (χ1) is 14.5. The number of ether oxygens (including phenoxy) is 1. The average Bonchev–Trinajstić information content (AvgIpc) is 3.22. The van der Waals surface area contributed by atoms with E-state index in [4.69, 9.17) is 4.74 Å². The lowest BCUT2D eigenvalue weighted by Gasteiger charge is -2.30. The van der Waals surface area contributed by atoms with Gasteiger partial charge in [-0.2, -0.15) is 0 Å². The van der Waals surface area contributed by atoms with E-state index >= 15 is 0 Å². The maximum absolute atomic E-state index is 6.14. The lowest BCUT2D eigenvalue weighted by molar-refractivity contribution is 0.412. The standard InChI is InChI=1S/C28H46OSi/c1-7-10-13-16-23-21-25(18-14-11-8-2)28(29-4)27(22-23)30(5,6)26-20-15-19-24(26)17-12-9-3/h15,19,21-22H,7-14,16-18,20H2,1-6H3. The average molecular weight is 427 g/mol. The van der Waals surface area contributed by atoms with E-state index in [0.717, 1.165) is 12.8 Å². The molecule has 0 bridgehead atoms. The van der Waals surface area contributed by atoms with Gasteiger partial charge in [-0.1, -0.05) is 101 Å². The summed E-state index contributed by atoms with van der Waals surface area (Å²) >= 11 is 0. The molecule has 0 atom stereocenters. The Kier molecular flexibility index (Phi) is 10.4. The second-order valence-electron chi connectivity index (χ2n) is 9.59. The van der Waals surface area contributed by atoms with Crippen LogP contribution in [0, 0.1) is 0 Å². The van der Waals surface area contributed by atoms with E-state index in [0.29, 0.717) is 0 Å². The molecule has 0 unspecified atom stereocenters. The largest absolute Gasteiger partial charge is 0.497 e. The number of allylic oxidation sites excluding steroid dienone is 4. The van der Waals surface area contributed by atoms with Crippen molar-refractivity contribution in [2.45, 2.75) is 111 Å². The Morgan fingerprint density at radius 1 is 0.833 bits per heavy atom. The van der Waals surface area contributed by atoms with Gasteiger partial charge in [-0.3, -0.25) is 0 Å². The number of hydrogen-bond donors (Lipinski definition) is 0. The zero-order valence-corrected chi connectivity index (χ0v) is 21.7. The molecule has 0 radical (unpaired) electrons. The SMILES string of the molecule is CCCCCc1cc(CCCCC)c(OC)c([Si](C)(C)C2=C(CCCC)C=CC2)c1. The quantitative estimate of drug-likeness (QED) is 0.216. The summed E-state index contributed by atoms with van der Waals surface area (Å²) in [7, 11) is 0.101. The van der Waals surface area contributed by atoms with Crippen molar-refractivity contribution in [3.63, 3.8) is 0 Å². The summed E-state index contributed by atoms with van der Waals surface area (Å²) < 4.78 is 6.14. The summed E-state index contributed by atoms with van der Waals surface area (Å²) in [6.07, 6.45) is 19.8.